The first kappa shape index (κ1) is 15.1. The third kappa shape index (κ3) is 4.65. The van der Waals surface area contributed by atoms with Gasteiger partial charge in [-0.2, -0.15) is 4.98 Å². The van der Waals surface area contributed by atoms with Crippen molar-refractivity contribution in [2.45, 2.75) is 33.3 Å². The molecule has 0 spiro atoms. The molecule has 20 heavy (non-hydrogen) atoms. The molecule has 108 valence electrons. The molecule has 0 unspecified atom stereocenters. The minimum Gasteiger partial charge on any atom is -0.475 e. The van der Waals surface area contributed by atoms with Gasteiger partial charge in [-0.25, -0.2) is 4.98 Å². The smallest absolute Gasteiger partial charge is 0.226 e. The van der Waals surface area contributed by atoms with Crippen LogP contribution in [0.3, 0.4) is 0 Å². The van der Waals surface area contributed by atoms with Crippen molar-refractivity contribution in [2.75, 3.05) is 11.9 Å². The van der Waals surface area contributed by atoms with Gasteiger partial charge >= 0.3 is 0 Å². The van der Waals surface area contributed by atoms with E-state index in [2.05, 4.69) is 15.3 Å². The van der Waals surface area contributed by atoms with Gasteiger partial charge in [-0.15, -0.1) is 11.3 Å². The summed E-state index contributed by atoms with van der Waals surface area (Å²) in [4.78, 5) is 9.94. The standard InChI is InChI=1S/C14H18ClN3OS/c1-9(2)19-13-8-10(3)17-14(18-13)16-7-6-11-4-5-12(15)20-11/h4-5,8-9H,6-7H2,1-3H3,(H,16,17,18). The molecule has 2 heterocycles. The van der Waals surface area contributed by atoms with Crippen molar-refractivity contribution >= 4 is 28.9 Å². The minimum atomic E-state index is 0.102. The lowest BCUT2D eigenvalue weighted by molar-refractivity contribution is 0.232. The molecular weight excluding hydrogens is 294 g/mol. The van der Waals surface area contributed by atoms with E-state index < -0.39 is 0 Å². The van der Waals surface area contributed by atoms with E-state index >= 15 is 0 Å². The average molecular weight is 312 g/mol. The van der Waals surface area contributed by atoms with Crippen LogP contribution in [0.2, 0.25) is 4.34 Å². The van der Waals surface area contributed by atoms with Gasteiger partial charge in [0.05, 0.1) is 10.4 Å². The highest BCUT2D eigenvalue weighted by Gasteiger charge is 2.05. The van der Waals surface area contributed by atoms with Gasteiger partial charge in [0.15, 0.2) is 0 Å². The highest BCUT2D eigenvalue weighted by Crippen LogP contribution is 2.21. The third-order valence-electron chi connectivity index (χ3n) is 2.47. The van der Waals surface area contributed by atoms with E-state index in [4.69, 9.17) is 16.3 Å². The molecule has 0 saturated heterocycles. The average Bonchev–Trinajstić information content (AvgIpc) is 2.73. The molecule has 0 aliphatic carbocycles. The number of nitrogens with one attached hydrogen (secondary N) is 1. The fraction of sp³-hybridized carbons (Fsp3) is 0.429. The number of thiophene rings is 1. The van der Waals surface area contributed by atoms with Gasteiger partial charge < -0.3 is 10.1 Å². The van der Waals surface area contributed by atoms with Crippen LogP contribution >= 0.6 is 22.9 Å². The molecule has 2 aromatic heterocycles. The minimum absolute atomic E-state index is 0.102. The van der Waals surface area contributed by atoms with Crippen molar-refractivity contribution in [2.24, 2.45) is 0 Å². The lowest BCUT2D eigenvalue weighted by Gasteiger charge is -2.11. The molecule has 4 nitrogen and oxygen atoms in total. The Kier molecular flexibility index (Phi) is 5.20. The summed E-state index contributed by atoms with van der Waals surface area (Å²) in [6.45, 7) is 6.65. The maximum Gasteiger partial charge on any atom is 0.226 e. The van der Waals surface area contributed by atoms with E-state index in [0.29, 0.717) is 11.8 Å². The maximum atomic E-state index is 5.90. The zero-order valence-corrected chi connectivity index (χ0v) is 13.4. The van der Waals surface area contributed by atoms with Gasteiger partial charge in [0.2, 0.25) is 11.8 Å². The molecule has 2 rings (SSSR count). The van der Waals surface area contributed by atoms with Crippen LogP contribution in [0.15, 0.2) is 18.2 Å². The number of aromatic nitrogens is 2. The zero-order valence-electron chi connectivity index (χ0n) is 11.8. The van der Waals surface area contributed by atoms with Crippen LogP contribution in [0.25, 0.3) is 0 Å². The van der Waals surface area contributed by atoms with Crippen LogP contribution < -0.4 is 10.1 Å². The summed E-state index contributed by atoms with van der Waals surface area (Å²) in [5, 5.41) is 3.22. The van der Waals surface area contributed by atoms with Crippen molar-refractivity contribution < 1.29 is 4.74 Å². The summed E-state index contributed by atoms with van der Waals surface area (Å²) in [6.07, 6.45) is 1.00. The van der Waals surface area contributed by atoms with Crippen LogP contribution in [0.1, 0.15) is 24.4 Å². The predicted molar refractivity (Wildman–Crippen MR) is 84.1 cm³/mol. The second-order valence-electron chi connectivity index (χ2n) is 4.72. The number of hydrogen-bond donors (Lipinski definition) is 1. The van der Waals surface area contributed by atoms with Crippen LogP contribution in [-0.2, 0) is 6.42 Å². The fourth-order valence-electron chi connectivity index (χ4n) is 1.70. The SMILES string of the molecule is Cc1cc(OC(C)C)nc(NCCc2ccc(Cl)s2)n1. The second-order valence-corrected chi connectivity index (χ2v) is 6.52. The van der Waals surface area contributed by atoms with Gasteiger partial charge in [0.25, 0.3) is 0 Å². The number of nitrogens with zero attached hydrogens (tertiary/aromatic N) is 2. The Morgan fingerprint density at radius 3 is 2.80 bits per heavy atom. The summed E-state index contributed by atoms with van der Waals surface area (Å²) < 4.78 is 6.42. The molecule has 0 aromatic carbocycles. The first-order chi connectivity index (χ1) is 9.52. The van der Waals surface area contributed by atoms with Crippen LogP contribution in [0, 0.1) is 6.92 Å². The molecule has 0 aliphatic heterocycles. The molecule has 0 fully saturated rings. The maximum absolute atomic E-state index is 5.90. The number of hydrogen-bond acceptors (Lipinski definition) is 5. The number of rotatable bonds is 6. The zero-order chi connectivity index (χ0) is 14.5. The summed E-state index contributed by atoms with van der Waals surface area (Å²) in [5.41, 5.74) is 0.886. The van der Waals surface area contributed by atoms with Crippen molar-refractivity contribution in [3.8, 4) is 5.88 Å². The van der Waals surface area contributed by atoms with E-state index in [1.165, 1.54) is 4.88 Å². The van der Waals surface area contributed by atoms with E-state index in [9.17, 15) is 0 Å². The Morgan fingerprint density at radius 2 is 2.15 bits per heavy atom. The van der Waals surface area contributed by atoms with Crippen molar-refractivity contribution in [3.05, 3.63) is 33.1 Å². The highest BCUT2D eigenvalue weighted by atomic mass is 35.5. The quantitative estimate of drug-likeness (QED) is 0.877. The van der Waals surface area contributed by atoms with Crippen LogP contribution in [0.4, 0.5) is 5.95 Å². The molecule has 1 N–H and O–H groups in total. The Morgan fingerprint density at radius 1 is 1.35 bits per heavy atom. The van der Waals surface area contributed by atoms with E-state index in [1.54, 1.807) is 11.3 Å². The Labute approximate surface area is 128 Å². The highest BCUT2D eigenvalue weighted by molar-refractivity contribution is 7.16. The summed E-state index contributed by atoms with van der Waals surface area (Å²) in [5.74, 6) is 1.21. The van der Waals surface area contributed by atoms with Gasteiger partial charge in [-0.3, -0.25) is 0 Å². The summed E-state index contributed by atoms with van der Waals surface area (Å²) >= 11 is 7.50. The number of halogens is 1. The number of aryl methyl sites for hydroxylation is 1. The molecule has 0 atom stereocenters. The molecule has 0 bridgehead atoms. The predicted octanol–water partition coefficient (Wildman–Crippen LogP) is 3.94. The normalized spacial score (nSPS) is 10.8. The first-order valence-electron chi connectivity index (χ1n) is 6.53. The van der Waals surface area contributed by atoms with Crippen LogP contribution in [-0.4, -0.2) is 22.6 Å². The molecule has 2 aromatic rings. The Bertz CT molecular complexity index is 571. The fourth-order valence-corrected chi connectivity index (χ4v) is 2.79. The molecule has 0 amide bonds. The van der Waals surface area contributed by atoms with Gasteiger partial charge in [0.1, 0.15) is 0 Å². The van der Waals surface area contributed by atoms with Crippen molar-refractivity contribution in [3.63, 3.8) is 0 Å². The number of ether oxygens (including phenoxy) is 1. The molecule has 0 aliphatic rings. The topological polar surface area (TPSA) is 47.0 Å². The van der Waals surface area contributed by atoms with Gasteiger partial charge in [-0.05, 0) is 39.3 Å². The summed E-state index contributed by atoms with van der Waals surface area (Å²) in [6, 6.07) is 5.79. The Hall–Kier alpha value is -1.33. The monoisotopic (exact) mass is 311 g/mol. The van der Waals surface area contributed by atoms with E-state index in [1.807, 2.05) is 39.0 Å². The molecule has 0 radical (unpaired) electrons. The van der Waals surface area contributed by atoms with Crippen molar-refractivity contribution in [1.29, 1.82) is 0 Å². The van der Waals surface area contributed by atoms with Gasteiger partial charge in [0, 0.05) is 23.2 Å². The van der Waals surface area contributed by atoms with E-state index in [-0.39, 0.29) is 6.10 Å². The van der Waals surface area contributed by atoms with Gasteiger partial charge in [-0.1, -0.05) is 11.6 Å². The second kappa shape index (κ2) is 6.90. The Balaban J connectivity index is 1.93. The lowest BCUT2D eigenvalue weighted by atomic mass is 10.3. The molecule has 6 heteroatoms. The third-order valence-corrected chi connectivity index (χ3v) is 3.76. The number of anilines is 1. The lowest BCUT2D eigenvalue weighted by Crippen LogP contribution is -2.11. The largest absolute Gasteiger partial charge is 0.475 e. The first-order valence-corrected chi connectivity index (χ1v) is 7.73. The van der Waals surface area contributed by atoms with Crippen molar-refractivity contribution in [1.82, 2.24) is 9.97 Å². The summed E-state index contributed by atoms with van der Waals surface area (Å²) in [7, 11) is 0. The van der Waals surface area contributed by atoms with Crippen LogP contribution in [0.5, 0.6) is 5.88 Å². The van der Waals surface area contributed by atoms with E-state index in [0.717, 1.165) is 23.0 Å². The molecular formula is C14H18ClN3OS. The molecule has 0 saturated carbocycles.